The maximum absolute atomic E-state index is 11.9. The molecule has 0 spiro atoms. The Morgan fingerprint density at radius 3 is 2.62 bits per heavy atom. The van der Waals surface area contributed by atoms with Crippen molar-refractivity contribution in [3.05, 3.63) is 33.6 Å². The zero-order valence-electron chi connectivity index (χ0n) is 9.07. The minimum absolute atomic E-state index is 0.402. The predicted octanol–water partition coefficient (Wildman–Crippen LogP) is 2.14. The van der Waals surface area contributed by atoms with Gasteiger partial charge < -0.3 is 4.90 Å². The Morgan fingerprint density at radius 2 is 2.00 bits per heavy atom. The molecule has 0 saturated carbocycles. The highest BCUT2D eigenvalue weighted by Gasteiger charge is 2.26. The van der Waals surface area contributed by atoms with E-state index in [1.807, 2.05) is 31.1 Å². The molecule has 0 aromatic heterocycles. The van der Waals surface area contributed by atoms with E-state index in [1.54, 1.807) is 6.07 Å². The minimum Gasteiger partial charge on any atom is -0.305 e. The number of hydrogen-bond acceptors (Lipinski definition) is 3. The average Bonchev–Trinajstić information content (AvgIpc) is 2.37. The van der Waals surface area contributed by atoms with Crippen molar-refractivity contribution in [2.45, 2.75) is 4.90 Å². The molecule has 0 saturated heterocycles. The lowest BCUT2D eigenvalue weighted by Crippen LogP contribution is -2.13. The normalized spacial score (nSPS) is 17.4. The molecule has 0 amide bonds. The molecular weight excluding hydrogens is 290 g/mol. The van der Waals surface area contributed by atoms with Gasteiger partial charge in [-0.1, -0.05) is 22.0 Å². The fraction of sp³-hybridized carbons (Fsp3) is 0.273. The summed E-state index contributed by atoms with van der Waals surface area (Å²) in [5, 5.41) is 1.37. The van der Waals surface area contributed by atoms with E-state index in [0.29, 0.717) is 11.4 Å². The van der Waals surface area contributed by atoms with Crippen LogP contribution >= 0.6 is 15.9 Å². The second kappa shape index (κ2) is 3.98. The lowest BCUT2D eigenvalue weighted by atomic mass is 10.1. The van der Waals surface area contributed by atoms with Crippen molar-refractivity contribution in [1.29, 1.82) is 0 Å². The molecule has 16 heavy (non-hydrogen) atoms. The number of benzene rings is 1. The Balaban J connectivity index is 2.56. The first kappa shape index (κ1) is 11.8. The molecule has 1 aromatic carbocycles. The summed E-state index contributed by atoms with van der Waals surface area (Å²) in [6.07, 6.45) is 0. The summed E-state index contributed by atoms with van der Waals surface area (Å²) in [6.45, 7) is 0.633. The van der Waals surface area contributed by atoms with Gasteiger partial charge in [0.25, 0.3) is 0 Å². The summed E-state index contributed by atoms with van der Waals surface area (Å²) < 4.78 is 24.5. The number of hydrogen-bond donors (Lipinski definition) is 0. The van der Waals surface area contributed by atoms with E-state index in [2.05, 4.69) is 15.9 Å². The van der Waals surface area contributed by atoms with Crippen molar-refractivity contribution < 1.29 is 8.42 Å². The van der Waals surface area contributed by atoms with Crippen LogP contribution in [0.5, 0.6) is 0 Å². The molecule has 0 unspecified atom stereocenters. The van der Waals surface area contributed by atoms with Crippen LogP contribution in [0.4, 0.5) is 0 Å². The standard InChI is InChI=1S/C11H12BrNO2S/c1-13(2)6-8-7-16(14,15)11-5-9(12)3-4-10(8)11/h3-5,7H,6H2,1-2H3. The molecule has 0 atom stereocenters. The summed E-state index contributed by atoms with van der Waals surface area (Å²) in [7, 11) is 0.600. The van der Waals surface area contributed by atoms with E-state index < -0.39 is 9.84 Å². The van der Waals surface area contributed by atoms with E-state index >= 15 is 0 Å². The van der Waals surface area contributed by atoms with E-state index in [1.165, 1.54) is 5.41 Å². The predicted molar refractivity (Wildman–Crippen MR) is 67.9 cm³/mol. The molecule has 3 nitrogen and oxygen atoms in total. The monoisotopic (exact) mass is 301 g/mol. The fourth-order valence-corrected chi connectivity index (χ4v) is 3.79. The van der Waals surface area contributed by atoms with Crippen LogP contribution in [0.3, 0.4) is 0 Å². The molecule has 5 heteroatoms. The Bertz CT molecular complexity index is 561. The minimum atomic E-state index is -3.24. The summed E-state index contributed by atoms with van der Waals surface area (Å²) in [5.41, 5.74) is 1.67. The SMILES string of the molecule is CN(C)CC1=CS(=O)(=O)c2cc(Br)ccc21. The molecule has 1 aliphatic rings. The van der Waals surface area contributed by atoms with Gasteiger partial charge in [0.1, 0.15) is 0 Å². The third-order valence-electron chi connectivity index (χ3n) is 2.38. The number of sulfone groups is 1. The molecular formula is C11H12BrNO2S. The first-order chi connectivity index (χ1) is 7.40. The zero-order chi connectivity index (χ0) is 11.9. The summed E-state index contributed by atoms with van der Waals surface area (Å²) in [4.78, 5) is 2.36. The highest BCUT2D eigenvalue weighted by atomic mass is 79.9. The lowest BCUT2D eigenvalue weighted by Gasteiger charge is -2.10. The summed E-state index contributed by atoms with van der Waals surface area (Å²) in [5.74, 6) is 0. The Labute approximate surface area is 104 Å². The highest BCUT2D eigenvalue weighted by Crippen LogP contribution is 2.35. The van der Waals surface area contributed by atoms with Gasteiger partial charge in [-0.25, -0.2) is 8.42 Å². The highest BCUT2D eigenvalue weighted by molar-refractivity contribution is 9.10. The second-order valence-electron chi connectivity index (χ2n) is 4.07. The molecule has 1 heterocycles. The topological polar surface area (TPSA) is 37.4 Å². The number of nitrogens with zero attached hydrogens (tertiary/aromatic N) is 1. The van der Waals surface area contributed by atoms with Gasteiger partial charge in [-0.2, -0.15) is 0 Å². The number of halogens is 1. The van der Waals surface area contributed by atoms with Crippen LogP contribution in [0.1, 0.15) is 5.56 Å². The van der Waals surface area contributed by atoms with Gasteiger partial charge in [-0.3, -0.25) is 0 Å². The van der Waals surface area contributed by atoms with Crippen LogP contribution in [0.2, 0.25) is 0 Å². The van der Waals surface area contributed by atoms with Gasteiger partial charge >= 0.3 is 0 Å². The third kappa shape index (κ3) is 2.07. The second-order valence-corrected chi connectivity index (χ2v) is 6.75. The van der Waals surface area contributed by atoms with Crippen LogP contribution in [0, 0.1) is 0 Å². The van der Waals surface area contributed by atoms with Crippen molar-refractivity contribution in [3.8, 4) is 0 Å². The smallest absolute Gasteiger partial charge is 0.200 e. The Morgan fingerprint density at radius 1 is 1.31 bits per heavy atom. The van der Waals surface area contributed by atoms with Gasteiger partial charge in [-0.05, 0) is 37.4 Å². The van der Waals surface area contributed by atoms with Crippen LogP contribution in [0.25, 0.3) is 5.57 Å². The average molecular weight is 302 g/mol. The Kier molecular flexibility index (Phi) is 2.94. The number of likely N-dealkylation sites (N-methyl/N-ethyl adjacent to an activating group) is 1. The molecule has 0 bridgehead atoms. The molecule has 1 aromatic rings. The molecule has 0 radical (unpaired) electrons. The molecule has 0 fully saturated rings. The van der Waals surface area contributed by atoms with Crippen LogP contribution in [-0.4, -0.2) is 34.0 Å². The van der Waals surface area contributed by atoms with E-state index in [-0.39, 0.29) is 0 Å². The fourth-order valence-electron chi connectivity index (χ4n) is 1.77. The van der Waals surface area contributed by atoms with Crippen LogP contribution in [-0.2, 0) is 9.84 Å². The lowest BCUT2D eigenvalue weighted by molar-refractivity contribution is 0.463. The maximum atomic E-state index is 11.9. The first-order valence-corrected chi connectivity index (χ1v) is 7.14. The first-order valence-electron chi connectivity index (χ1n) is 4.80. The molecule has 1 aliphatic heterocycles. The van der Waals surface area contributed by atoms with Crippen molar-refractivity contribution in [2.24, 2.45) is 0 Å². The van der Waals surface area contributed by atoms with Gasteiger partial charge in [-0.15, -0.1) is 0 Å². The largest absolute Gasteiger partial charge is 0.305 e. The summed E-state index contributed by atoms with van der Waals surface area (Å²) >= 11 is 3.29. The molecule has 86 valence electrons. The number of rotatable bonds is 2. The van der Waals surface area contributed by atoms with E-state index in [0.717, 1.165) is 15.6 Å². The zero-order valence-corrected chi connectivity index (χ0v) is 11.5. The van der Waals surface area contributed by atoms with Crippen LogP contribution in [0.15, 0.2) is 33.0 Å². The van der Waals surface area contributed by atoms with Gasteiger partial charge in [0, 0.05) is 16.4 Å². The third-order valence-corrected chi connectivity index (χ3v) is 4.42. The van der Waals surface area contributed by atoms with Crippen molar-refractivity contribution in [3.63, 3.8) is 0 Å². The van der Waals surface area contributed by atoms with E-state index in [9.17, 15) is 8.42 Å². The molecule has 2 rings (SSSR count). The van der Waals surface area contributed by atoms with Crippen LogP contribution < -0.4 is 0 Å². The summed E-state index contributed by atoms with van der Waals surface area (Å²) in [6, 6.07) is 5.37. The van der Waals surface area contributed by atoms with Crippen molar-refractivity contribution in [2.75, 3.05) is 20.6 Å². The molecule has 0 aliphatic carbocycles. The molecule has 0 N–H and O–H groups in total. The Hall–Kier alpha value is -0.650. The van der Waals surface area contributed by atoms with Gasteiger partial charge in [0.05, 0.1) is 4.90 Å². The van der Waals surface area contributed by atoms with Crippen molar-refractivity contribution in [1.82, 2.24) is 4.90 Å². The van der Waals surface area contributed by atoms with Crippen molar-refractivity contribution >= 4 is 31.3 Å². The van der Waals surface area contributed by atoms with E-state index in [4.69, 9.17) is 0 Å². The number of fused-ring (bicyclic) bond motifs is 1. The van der Waals surface area contributed by atoms with Gasteiger partial charge in [0.15, 0.2) is 0 Å². The quantitative estimate of drug-likeness (QED) is 0.840. The maximum Gasteiger partial charge on any atom is 0.200 e. The van der Waals surface area contributed by atoms with Gasteiger partial charge in [0.2, 0.25) is 9.84 Å².